The van der Waals surface area contributed by atoms with Gasteiger partial charge in [-0.1, -0.05) is 6.92 Å². The van der Waals surface area contributed by atoms with Crippen LogP contribution < -0.4 is 0 Å². The van der Waals surface area contributed by atoms with Crippen LogP contribution in [0.1, 0.15) is 39.7 Å². The van der Waals surface area contributed by atoms with Crippen molar-refractivity contribution in [3.05, 3.63) is 41.2 Å². The Morgan fingerprint density at radius 1 is 1.08 bits per heavy atom. The van der Waals surface area contributed by atoms with Gasteiger partial charge in [0.05, 0.1) is 24.5 Å². The lowest BCUT2D eigenvalue weighted by Crippen LogP contribution is -2.37. The maximum atomic E-state index is 13.3. The molecule has 0 N–H and O–H groups in total. The van der Waals surface area contributed by atoms with Gasteiger partial charge in [-0.3, -0.25) is 9.79 Å². The van der Waals surface area contributed by atoms with E-state index in [0.717, 1.165) is 0 Å². The fraction of sp³-hybridized carbons (Fsp3) is 0.450. The second-order valence-electron chi connectivity index (χ2n) is 5.99. The number of nitrogens with zero attached hydrogens (tertiary/aromatic N) is 1. The minimum absolute atomic E-state index is 0.211. The fourth-order valence-corrected chi connectivity index (χ4v) is 3.23. The Hall–Kier alpha value is -2.50. The average Bonchev–Trinajstić information content (AvgIpc) is 2.61. The third-order valence-corrected chi connectivity index (χ3v) is 4.36. The van der Waals surface area contributed by atoms with E-state index in [1.807, 2.05) is 6.92 Å². The van der Waals surface area contributed by atoms with Crippen molar-refractivity contribution in [3.63, 3.8) is 0 Å². The molecule has 2 unspecified atom stereocenters. The van der Waals surface area contributed by atoms with Gasteiger partial charge in [0.2, 0.25) is 0 Å². The summed E-state index contributed by atoms with van der Waals surface area (Å²) >= 11 is 0. The Kier molecular flexibility index (Phi) is 6.66. The van der Waals surface area contributed by atoms with Gasteiger partial charge in [0.25, 0.3) is 0 Å². The van der Waals surface area contributed by atoms with Crippen molar-refractivity contribution < 1.29 is 23.5 Å². The Balaban J connectivity index is 2.62. The van der Waals surface area contributed by atoms with E-state index in [-0.39, 0.29) is 19.0 Å². The SMILES string of the molecule is CCOC(=O)C1=C(c2ccc(F)cc2)N=C(C)C(C(=O)OCC)C1CC. The highest BCUT2D eigenvalue weighted by atomic mass is 19.1. The van der Waals surface area contributed by atoms with E-state index >= 15 is 0 Å². The highest BCUT2D eigenvalue weighted by Crippen LogP contribution is 2.38. The summed E-state index contributed by atoms with van der Waals surface area (Å²) in [5.74, 6) is -2.33. The number of ether oxygens (including phenoxy) is 2. The Morgan fingerprint density at radius 2 is 1.69 bits per heavy atom. The number of benzene rings is 1. The third kappa shape index (κ3) is 4.00. The molecule has 1 aromatic rings. The Bertz CT molecular complexity index is 737. The Labute approximate surface area is 152 Å². The zero-order valence-corrected chi connectivity index (χ0v) is 15.5. The molecular formula is C20H24FNO4. The van der Waals surface area contributed by atoms with E-state index in [4.69, 9.17) is 9.47 Å². The van der Waals surface area contributed by atoms with Crippen molar-refractivity contribution >= 4 is 23.3 Å². The molecule has 0 aromatic heterocycles. The molecule has 0 amide bonds. The molecule has 0 aliphatic carbocycles. The van der Waals surface area contributed by atoms with Crippen LogP contribution in [0.25, 0.3) is 5.70 Å². The highest BCUT2D eigenvalue weighted by Gasteiger charge is 2.41. The van der Waals surface area contributed by atoms with Crippen LogP contribution in [0, 0.1) is 17.7 Å². The van der Waals surface area contributed by atoms with Crippen molar-refractivity contribution in [1.29, 1.82) is 0 Å². The number of hydrogen-bond acceptors (Lipinski definition) is 5. The van der Waals surface area contributed by atoms with Gasteiger partial charge >= 0.3 is 11.9 Å². The van der Waals surface area contributed by atoms with Gasteiger partial charge in [-0.2, -0.15) is 0 Å². The summed E-state index contributed by atoms with van der Waals surface area (Å²) < 4.78 is 23.7. The maximum Gasteiger partial charge on any atom is 0.336 e. The normalized spacial score (nSPS) is 19.8. The number of aliphatic imine (C=N–C) groups is 1. The molecule has 2 rings (SSSR count). The number of halogens is 1. The lowest BCUT2D eigenvalue weighted by molar-refractivity contribution is -0.147. The Morgan fingerprint density at radius 3 is 2.23 bits per heavy atom. The monoisotopic (exact) mass is 361 g/mol. The summed E-state index contributed by atoms with van der Waals surface area (Å²) in [6.07, 6.45) is 0.537. The van der Waals surface area contributed by atoms with Crippen molar-refractivity contribution in [3.8, 4) is 0 Å². The third-order valence-electron chi connectivity index (χ3n) is 4.36. The zero-order chi connectivity index (χ0) is 19.3. The number of carbonyl (C=O) groups excluding carboxylic acids is 2. The van der Waals surface area contributed by atoms with E-state index in [0.29, 0.717) is 29.0 Å². The molecule has 0 saturated heterocycles. The van der Waals surface area contributed by atoms with E-state index in [2.05, 4.69) is 4.99 Å². The number of esters is 2. The van der Waals surface area contributed by atoms with E-state index in [9.17, 15) is 14.0 Å². The van der Waals surface area contributed by atoms with Crippen LogP contribution >= 0.6 is 0 Å². The van der Waals surface area contributed by atoms with Gasteiger partial charge in [0.1, 0.15) is 11.7 Å². The van der Waals surface area contributed by atoms with Crippen LogP contribution in [0.3, 0.4) is 0 Å². The van der Waals surface area contributed by atoms with Crippen LogP contribution in [0.2, 0.25) is 0 Å². The maximum absolute atomic E-state index is 13.3. The second-order valence-corrected chi connectivity index (χ2v) is 5.99. The minimum Gasteiger partial charge on any atom is -0.465 e. The fourth-order valence-electron chi connectivity index (χ4n) is 3.23. The van der Waals surface area contributed by atoms with Crippen molar-refractivity contribution in [1.82, 2.24) is 0 Å². The summed E-state index contributed by atoms with van der Waals surface area (Å²) in [4.78, 5) is 29.7. The van der Waals surface area contributed by atoms with Crippen molar-refractivity contribution in [2.75, 3.05) is 13.2 Å². The van der Waals surface area contributed by atoms with E-state index < -0.39 is 23.8 Å². The van der Waals surface area contributed by atoms with Crippen LogP contribution in [-0.2, 0) is 19.1 Å². The van der Waals surface area contributed by atoms with Gasteiger partial charge in [-0.25, -0.2) is 9.18 Å². The zero-order valence-electron chi connectivity index (χ0n) is 15.5. The number of hydrogen-bond donors (Lipinski definition) is 0. The average molecular weight is 361 g/mol. The van der Waals surface area contributed by atoms with Crippen LogP contribution in [-0.4, -0.2) is 30.9 Å². The summed E-state index contributed by atoms with van der Waals surface area (Å²) in [6, 6.07) is 5.76. The second kappa shape index (κ2) is 8.74. The molecule has 1 aliphatic rings. The predicted octanol–water partition coefficient (Wildman–Crippen LogP) is 3.78. The van der Waals surface area contributed by atoms with Gasteiger partial charge in [-0.15, -0.1) is 0 Å². The molecule has 140 valence electrons. The number of carbonyl (C=O) groups is 2. The first kappa shape index (κ1) is 19.8. The molecule has 2 atom stereocenters. The molecule has 0 bridgehead atoms. The minimum atomic E-state index is -0.636. The summed E-state index contributed by atoms with van der Waals surface area (Å²) in [5.41, 5.74) is 1.94. The molecular weight excluding hydrogens is 337 g/mol. The standard InChI is InChI=1S/C20H24FNO4/c1-5-15-16(19(23)25-6-2)12(4)22-18(17(15)20(24)26-7-3)13-8-10-14(21)11-9-13/h8-11,15-16H,5-7H2,1-4H3. The van der Waals surface area contributed by atoms with Crippen molar-refractivity contribution in [2.24, 2.45) is 16.8 Å². The van der Waals surface area contributed by atoms with Crippen molar-refractivity contribution in [2.45, 2.75) is 34.1 Å². The highest BCUT2D eigenvalue weighted by molar-refractivity contribution is 6.10. The lowest BCUT2D eigenvalue weighted by atomic mass is 9.77. The van der Waals surface area contributed by atoms with Gasteiger partial charge in [0, 0.05) is 17.2 Å². The van der Waals surface area contributed by atoms with Crippen LogP contribution in [0.5, 0.6) is 0 Å². The van der Waals surface area contributed by atoms with Gasteiger partial charge in [-0.05, 0) is 51.5 Å². The van der Waals surface area contributed by atoms with E-state index in [1.54, 1.807) is 32.9 Å². The largest absolute Gasteiger partial charge is 0.465 e. The summed E-state index contributed by atoms with van der Waals surface area (Å²) in [7, 11) is 0. The molecule has 1 aliphatic heterocycles. The topological polar surface area (TPSA) is 65.0 Å². The molecule has 1 aromatic carbocycles. The van der Waals surface area contributed by atoms with E-state index in [1.165, 1.54) is 12.1 Å². The molecule has 1 heterocycles. The first-order valence-electron chi connectivity index (χ1n) is 8.83. The molecule has 0 spiro atoms. The van der Waals surface area contributed by atoms with Crippen LogP contribution in [0.4, 0.5) is 4.39 Å². The molecule has 0 fully saturated rings. The summed E-state index contributed by atoms with van der Waals surface area (Å²) in [5, 5.41) is 0. The molecule has 6 heteroatoms. The van der Waals surface area contributed by atoms with Crippen LogP contribution in [0.15, 0.2) is 34.8 Å². The first-order valence-corrected chi connectivity index (χ1v) is 8.83. The first-order chi connectivity index (χ1) is 12.4. The molecule has 0 saturated carbocycles. The van der Waals surface area contributed by atoms with Gasteiger partial charge < -0.3 is 9.47 Å². The molecule has 5 nitrogen and oxygen atoms in total. The number of rotatable bonds is 6. The smallest absolute Gasteiger partial charge is 0.336 e. The predicted molar refractivity (Wildman–Crippen MR) is 97.0 cm³/mol. The molecule has 26 heavy (non-hydrogen) atoms. The molecule has 0 radical (unpaired) electrons. The summed E-state index contributed by atoms with van der Waals surface area (Å²) in [6.45, 7) is 7.56. The quantitative estimate of drug-likeness (QED) is 0.723. The van der Waals surface area contributed by atoms with Gasteiger partial charge in [0.15, 0.2) is 0 Å². The lowest BCUT2D eigenvalue weighted by Gasteiger charge is -2.31.